The fraction of sp³-hybridized carbons (Fsp3) is 0.611. The van der Waals surface area contributed by atoms with Crippen LogP contribution in [-0.2, 0) is 11.2 Å². The van der Waals surface area contributed by atoms with E-state index in [9.17, 15) is 18.0 Å². The Morgan fingerprint density at radius 3 is 2.56 bits per heavy atom. The third kappa shape index (κ3) is 5.63. The fourth-order valence-electron chi connectivity index (χ4n) is 2.98. The van der Waals surface area contributed by atoms with E-state index in [-0.39, 0.29) is 25.8 Å². The molecule has 1 aromatic rings. The fourth-order valence-corrected chi connectivity index (χ4v) is 2.98. The largest absolute Gasteiger partial charge is 0.494 e. The van der Waals surface area contributed by atoms with Gasteiger partial charge in [-0.05, 0) is 43.4 Å². The van der Waals surface area contributed by atoms with Crippen LogP contribution < -0.4 is 10.5 Å². The molecule has 1 aromatic carbocycles. The first kappa shape index (κ1) is 19.6. The van der Waals surface area contributed by atoms with Crippen molar-refractivity contribution in [1.29, 1.82) is 0 Å². The maximum Gasteiger partial charge on any atom is 0.408 e. The van der Waals surface area contributed by atoms with Crippen LogP contribution in [0.3, 0.4) is 0 Å². The van der Waals surface area contributed by atoms with Crippen molar-refractivity contribution in [2.24, 2.45) is 5.73 Å². The molecule has 7 heteroatoms. The quantitative estimate of drug-likeness (QED) is 0.849. The van der Waals surface area contributed by atoms with Gasteiger partial charge in [0.15, 0.2) is 0 Å². The minimum atomic E-state index is -4.41. The van der Waals surface area contributed by atoms with Gasteiger partial charge in [-0.25, -0.2) is 0 Å². The van der Waals surface area contributed by atoms with E-state index in [1.165, 1.54) is 0 Å². The van der Waals surface area contributed by atoms with Crippen molar-refractivity contribution in [3.8, 4) is 5.75 Å². The van der Waals surface area contributed by atoms with Crippen LogP contribution in [0.4, 0.5) is 13.2 Å². The standard InChI is InChI=1S/C18H25F3N2O2/c1-2-11-25-15-7-3-13(4-8-15)5-10-17(24)23-12-14(22)6-9-16(23)18(19,20)21/h3-4,7-8,14,16H,2,5-6,9-12,22H2,1H3/t14-,16-/m1/s1. The molecule has 1 aliphatic rings. The van der Waals surface area contributed by atoms with E-state index in [4.69, 9.17) is 10.5 Å². The number of nitrogens with two attached hydrogens (primary N) is 1. The molecule has 140 valence electrons. The summed E-state index contributed by atoms with van der Waals surface area (Å²) >= 11 is 0. The molecular weight excluding hydrogens is 333 g/mol. The number of hydrogen-bond acceptors (Lipinski definition) is 3. The van der Waals surface area contributed by atoms with E-state index in [0.29, 0.717) is 13.0 Å². The number of aryl methyl sites for hydroxylation is 1. The molecule has 4 nitrogen and oxygen atoms in total. The topological polar surface area (TPSA) is 55.6 Å². The number of carbonyl (C=O) groups is 1. The van der Waals surface area contributed by atoms with E-state index >= 15 is 0 Å². The highest BCUT2D eigenvalue weighted by molar-refractivity contribution is 5.77. The number of likely N-dealkylation sites (tertiary alicyclic amines) is 1. The van der Waals surface area contributed by atoms with Crippen LogP contribution >= 0.6 is 0 Å². The highest BCUT2D eigenvalue weighted by Gasteiger charge is 2.47. The van der Waals surface area contributed by atoms with Gasteiger partial charge in [0, 0.05) is 19.0 Å². The number of nitrogens with zero attached hydrogens (tertiary/aromatic N) is 1. The molecule has 2 rings (SSSR count). The van der Waals surface area contributed by atoms with Crippen LogP contribution in [0.25, 0.3) is 0 Å². The van der Waals surface area contributed by atoms with Crippen molar-refractivity contribution in [3.63, 3.8) is 0 Å². The Bertz CT molecular complexity index is 560. The monoisotopic (exact) mass is 358 g/mol. The molecule has 0 aliphatic carbocycles. The lowest BCUT2D eigenvalue weighted by Gasteiger charge is -2.39. The van der Waals surface area contributed by atoms with Crippen LogP contribution in [0.15, 0.2) is 24.3 Å². The Labute approximate surface area is 146 Å². The summed E-state index contributed by atoms with van der Waals surface area (Å²) < 4.78 is 44.9. The zero-order chi connectivity index (χ0) is 18.4. The van der Waals surface area contributed by atoms with Gasteiger partial charge < -0.3 is 15.4 Å². The number of rotatable bonds is 6. The van der Waals surface area contributed by atoms with E-state index in [1.807, 2.05) is 31.2 Å². The molecule has 1 aliphatic heterocycles. The summed E-state index contributed by atoms with van der Waals surface area (Å²) in [6.07, 6.45) is -2.91. The minimum absolute atomic E-state index is 0.0349. The number of ether oxygens (including phenoxy) is 1. The summed E-state index contributed by atoms with van der Waals surface area (Å²) in [5.41, 5.74) is 6.65. The number of piperidine rings is 1. The molecule has 2 N–H and O–H groups in total. The number of alkyl halides is 3. The average molecular weight is 358 g/mol. The van der Waals surface area contributed by atoms with Crippen LogP contribution in [0, 0.1) is 0 Å². The van der Waals surface area contributed by atoms with Gasteiger partial charge in [-0.2, -0.15) is 13.2 Å². The Morgan fingerprint density at radius 2 is 1.96 bits per heavy atom. The van der Waals surface area contributed by atoms with Gasteiger partial charge in [-0.1, -0.05) is 19.1 Å². The number of benzene rings is 1. The number of hydrogen-bond donors (Lipinski definition) is 1. The van der Waals surface area contributed by atoms with Gasteiger partial charge in [-0.15, -0.1) is 0 Å². The number of carbonyl (C=O) groups excluding carboxylic acids is 1. The minimum Gasteiger partial charge on any atom is -0.494 e. The van der Waals surface area contributed by atoms with Gasteiger partial charge in [-0.3, -0.25) is 4.79 Å². The third-order valence-electron chi connectivity index (χ3n) is 4.34. The third-order valence-corrected chi connectivity index (χ3v) is 4.34. The molecule has 25 heavy (non-hydrogen) atoms. The van der Waals surface area contributed by atoms with Crippen molar-refractivity contribution >= 4 is 5.91 Å². The van der Waals surface area contributed by atoms with Crippen molar-refractivity contribution < 1.29 is 22.7 Å². The molecule has 0 aromatic heterocycles. The lowest BCUT2D eigenvalue weighted by atomic mass is 9.97. The molecule has 0 saturated carbocycles. The Hall–Kier alpha value is -1.76. The lowest BCUT2D eigenvalue weighted by molar-refractivity contribution is -0.196. The van der Waals surface area contributed by atoms with Crippen LogP contribution in [0.1, 0.15) is 38.2 Å². The second kappa shape index (κ2) is 8.56. The smallest absolute Gasteiger partial charge is 0.408 e. The van der Waals surface area contributed by atoms with Gasteiger partial charge >= 0.3 is 6.18 Å². The summed E-state index contributed by atoms with van der Waals surface area (Å²) in [6.45, 7) is 2.61. The first-order valence-electron chi connectivity index (χ1n) is 8.64. The molecule has 0 unspecified atom stereocenters. The average Bonchev–Trinajstić information content (AvgIpc) is 2.57. The van der Waals surface area contributed by atoms with Gasteiger partial charge in [0.05, 0.1) is 6.61 Å². The summed E-state index contributed by atoms with van der Waals surface area (Å²) in [5, 5.41) is 0. The van der Waals surface area contributed by atoms with Crippen LogP contribution in [0.2, 0.25) is 0 Å². The van der Waals surface area contributed by atoms with Crippen molar-refractivity contribution in [3.05, 3.63) is 29.8 Å². The summed E-state index contributed by atoms with van der Waals surface area (Å²) in [6, 6.07) is 5.18. The Kier molecular flexibility index (Phi) is 6.70. The van der Waals surface area contributed by atoms with E-state index in [2.05, 4.69) is 0 Å². The summed E-state index contributed by atoms with van der Waals surface area (Å²) in [7, 11) is 0. The lowest BCUT2D eigenvalue weighted by Crippen LogP contribution is -2.56. The number of amides is 1. The Morgan fingerprint density at radius 1 is 1.28 bits per heavy atom. The zero-order valence-corrected chi connectivity index (χ0v) is 14.4. The van der Waals surface area contributed by atoms with Crippen molar-refractivity contribution in [1.82, 2.24) is 4.90 Å². The molecule has 1 amide bonds. The second-order valence-corrected chi connectivity index (χ2v) is 6.43. The molecule has 2 atom stereocenters. The van der Waals surface area contributed by atoms with Gasteiger partial charge in [0.25, 0.3) is 0 Å². The SMILES string of the molecule is CCCOc1ccc(CCC(=O)N2C[C@H](N)CC[C@@H]2C(F)(F)F)cc1. The van der Waals surface area contributed by atoms with E-state index in [0.717, 1.165) is 22.6 Å². The molecule has 1 fully saturated rings. The molecule has 1 heterocycles. The Balaban J connectivity index is 1.93. The van der Waals surface area contributed by atoms with Crippen LogP contribution in [0.5, 0.6) is 5.75 Å². The summed E-state index contributed by atoms with van der Waals surface area (Å²) in [5.74, 6) is 0.250. The highest BCUT2D eigenvalue weighted by atomic mass is 19.4. The van der Waals surface area contributed by atoms with Gasteiger partial charge in [0.1, 0.15) is 11.8 Å². The zero-order valence-electron chi connectivity index (χ0n) is 14.4. The predicted octanol–water partition coefficient (Wildman–Crippen LogP) is 3.29. The molecule has 0 spiro atoms. The maximum absolute atomic E-state index is 13.1. The second-order valence-electron chi connectivity index (χ2n) is 6.43. The first-order chi connectivity index (χ1) is 11.8. The maximum atomic E-state index is 13.1. The van der Waals surface area contributed by atoms with Gasteiger partial charge in [0.2, 0.25) is 5.91 Å². The number of halogens is 3. The highest BCUT2D eigenvalue weighted by Crippen LogP contribution is 2.32. The molecule has 1 saturated heterocycles. The molecule has 0 bridgehead atoms. The van der Waals surface area contributed by atoms with Crippen LogP contribution in [-0.4, -0.2) is 42.2 Å². The normalized spacial score (nSPS) is 21.2. The van der Waals surface area contributed by atoms with E-state index < -0.39 is 24.2 Å². The first-order valence-corrected chi connectivity index (χ1v) is 8.64. The molecule has 0 radical (unpaired) electrons. The van der Waals surface area contributed by atoms with Crippen molar-refractivity contribution in [2.75, 3.05) is 13.2 Å². The molecular formula is C18H25F3N2O2. The van der Waals surface area contributed by atoms with E-state index in [1.54, 1.807) is 0 Å². The summed E-state index contributed by atoms with van der Waals surface area (Å²) in [4.78, 5) is 13.2. The van der Waals surface area contributed by atoms with Crippen molar-refractivity contribution in [2.45, 2.75) is 57.3 Å². The predicted molar refractivity (Wildman–Crippen MR) is 89.3 cm³/mol.